The molecule has 2 rings (SSSR count). The highest BCUT2D eigenvalue weighted by molar-refractivity contribution is 8.26. The summed E-state index contributed by atoms with van der Waals surface area (Å²) in [6.45, 7) is -0.822. The fourth-order valence-corrected chi connectivity index (χ4v) is 4.74. The van der Waals surface area contributed by atoms with Crippen LogP contribution < -0.4 is 11.4 Å². The Morgan fingerprint density at radius 3 is 2.37 bits per heavy atom. The molecular weight excluding hydrogens is 446 g/mol. The number of rotatable bonds is 9. The van der Waals surface area contributed by atoms with E-state index in [1.54, 1.807) is 21.1 Å². The molecule has 1 aliphatic rings. The van der Waals surface area contributed by atoms with Gasteiger partial charge in [0, 0.05) is 6.20 Å². The molecule has 1 aliphatic heterocycles. The quantitative estimate of drug-likeness (QED) is 0.205. The van der Waals surface area contributed by atoms with Gasteiger partial charge in [0.15, 0.2) is 6.23 Å². The highest BCUT2D eigenvalue weighted by Crippen LogP contribution is 2.78. The molecule has 6 N–H and O–H groups in total. The number of ether oxygens (including phenoxy) is 1. The number of hydrogen-bond donors (Lipinski definition) is 5. The lowest BCUT2D eigenvalue weighted by Crippen LogP contribution is -2.37. The molecule has 3 unspecified atom stereocenters. The smallest absolute Gasteiger partial charge is 0.387 e. The Hall–Kier alpha value is -1.18. The number of nitrogen functional groups attached to an aromatic ring is 1. The maximum atomic E-state index is 12.2. The maximum absolute atomic E-state index is 12.2. The van der Waals surface area contributed by atoms with Crippen LogP contribution in [0.4, 0.5) is 5.82 Å². The van der Waals surface area contributed by atoms with Gasteiger partial charge in [-0.15, -0.1) is 0 Å². The number of likely N-dealkylation sites (N-methyl/N-ethyl adjacent to an activating group) is 1. The van der Waals surface area contributed by atoms with Gasteiger partial charge in [-0.1, -0.05) is 0 Å². The number of hydrogen-bond acceptors (Lipinski definition) is 10. The highest BCUT2D eigenvalue weighted by Gasteiger charge is 2.49. The van der Waals surface area contributed by atoms with Crippen molar-refractivity contribution in [2.45, 2.75) is 24.5 Å². The van der Waals surface area contributed by atoms with Gasteiger partial charge in [0.25, 0.3) is 0 Å². The van der Waals surface area contributed by atoms with Crippen LogP contribution in [-0.4, -0.2) is 93.2 Å². The van der Waals surface area contributed by atoms with E-state index in [1.165, 1.54) is 12.3 Å². The Balaban J connectivity index is 2.03. The lowest BCUT2D eigenvalue weighted by molar-refractivity contribution is -0.870. The van der Waals surface area contributed by atoms with Crippen molar-refractivity contribution in [3.8, 4) is 0 Å². The van der Waals surface area contributed by atoms with Crippen LogP contribution in [0.2, 0.25) is 0 Å². The van der Waals surface area contributed by atoms with Crippen molar-refractivity contribution < 1.29 is 47.4 Å². The van der Waals surface area contributed by atoms with E-state index in [4.69, 9.17) is 10.5 Å². The number of nitrogens with two attached hydrogens (primary N) is 1. The van der Waals surface area contributed by atoms with Crippen LogP contribution in [0.3, 0.4) is 0 Å². The Bertz CT molecular complexity index is 903. The molecule has 0 spiro atoms. The summed E-state index contributed by atoms with van der Waals surface area (Å²) in [7, 11) is -4.85. The molecule has 30 heavy (non-hydrogen) atoms. The summed E-state index contributed by atoms with van der Waals surface area (Å²) in [5.41, 5.74) is 4.54. The zero-order valence-corrected chi connectivity index (χ0v) is 18.4. The van der Waals surface area contributed by atoms with Crippen molar-refractivity contribution in [2.75, 3.05) is 46.6 Å². The van der Waals surface area contributed by atoms with Crippen molar-refractivity contribution in [1.82, 2.24) is 9.55 Å². The summed E-state index contributed by atoms with van der Waals surface area (Å²) in [4.78, 5) is 35.0. The SMILES string of the molecule is C[N+](C)(C)CCOP(=O)(O)P(=O)(O)OCC1O[C@@H](n2ccc(N)nc2=O)[C@H](O)[C@@H]1O. The van der Waals surface area contributed by atoms with Gasteiger partial charge in [0.1, 0.15) is 37.3 Å². The minimum absolute atomic E-state index is 0.0608. The van der Waals surface area contributed by atoms with Gasteiger partial charge >= 0.3 is 20.3 Å². The van der Waals surface area contributed by atoms with Crippen molar-refractivity contribution in [3.63, 3.8) is 0 Å². The van der Waals surface area contributed by atoms with Crippen molar-refractivity contribution in [1.29, 1.82) is 0 Å². The second-order valence-electron chi connectivity index (χ2n) is 7.71. The predicted molar refractivity (Wildman–Crippen MR) is 103 cm³/mol. The van der Waals surface area contributed by atoms with E-state index in [0.717, 1.165) is 4.57 Å². The van der Waals surface area contributed by atoms with Crippen LogP contribution in [0.5, 0.6) is 0 Å². The van der Waals surface area contributed by atoms with Crippen LogP contribution in [-0.2, 0) is 22.9 Å². The zero-order chi connectivity index (χ0) is 22.9. The minimum atomic E-state index is -5.17. The summed E-state index contributed by atoms with van der Waals surface area (Å²) in [5, 5.41) is 20.3. The van der Waals surface area contributed by atoms with E-state index in [-0.39, 0.29) is 19.0 Å². The number of aliphatic hydroxyl groups excluding tert-OH is 2. The molecule has 0 aromatic carbocycles. The molecular formula is C14H27N4O10P2+. The Morgan fingerprint density at radius 2 is 1.80 bits per heavy atom. The van der Waals surface area contributed by atoms with Crippen molar-refractivity contribution in [2.24, 2.45) is 0 Å². The lowest BCUT2D eigenvalue weighted by atomic mass is 10.1. The van der Waals surface area contributed by atoms with Gasteiger partial charge in [-0.3, -0.25) is 13.6 Å². The minimum Gasteiger partial charge on any atom is -0.387 e. The summed E-state index contributed by atoms with van der Waals surface area (Å²) in [6, 6.07) is 1.27. The molecule has 0 saturated carbocycles. The topological polar surface area (TPSA) is 204 Å². The van der Waals surface area contributed by atoms with Crippen LogP contribution in [0.1, 0.15) is 6.23 Å². The average Bonchev–Trinajstić information content (AvgIpc) is 2.87. The standard InChI is InChI=1S/C14H26N4O10P2/c1-18(2,3)6-7-26-29(22,23)30(24,25)27-8-9-11(19)12(20)13(28-9)17-5-4-10(15)16-14(17)21/h4-5,9,11-13,19-20H,6-8H2,1-3H3,(H3-,15,16,21,22,23,24,25)/p+1/t9?,11-,12-,13-/m1/s1. The van der Waals surface area contributed by atoms with Crippen LogP contribution in [0, 0.1) is 0 Å². The maximum Gasteiger partial charge on any atom is 0.438 e. The van der Waals surface area contributed by atoms with Crippen molar-refractivity contribution >= 4 is 20.4 Å². The zero-order valence-electron chi connectivity index (χ0n) is 16.6. The molecule has 1 aromatic rings. The third kappa shape index (κ3) is 5.95. The first kappa shape index (κ1) is 25.1. The summed E-state index contributed by atoms with van der Waals surface area (Å²) < 4.78 is 40.2. The molecule has 172 valence electrons. The van der Waals surface area contributed by atoms with E-state index in [0.29, 0.717) is 4.48 Å². The molecule has 1 saturated heterocycles. The third-order valence-corrected chi connectivity index (χ3v) is 8.46. The molecule has 0 amide bonds. The van der Waals surface area contributed by atoms with Gasteiger partial charge in [-0.2, -0.15) is 4.98 Å². The number of nitrogens with zero attached hydrogens (tertiary/aromatic N) is 3. The van der Waals surface area contributed by atoms with Gasteiger partial charge in [0.05, 0.1) is 27.7 Å². The van der Waals surface area contributed by atoms with Gasteiger partial charge in [-0.25, -0.2) is 13.9 Å². The largest absolute Gasteiger partial charge is 0.438 e. The van der Waals surface area contributed by atoms with Gasteiger partial charge in [-0.05, 0) is 6.07 Å². The summed E-state index contributed by atoms with van der Waals surface area (Å²) >= 11 is 0. The first-order chi connectivity index (χ1) is 13.6. The first-order valence-corrected chi connectivity index (χ1v) is 12.6. The number of aliphatic hydroxyl groups is 2. The molecule has 14 nitrogen and oxygen atoms in total. The molecule has 0 aliphatic carbocycles. The predicted octanol–water partition coefficient (Wildman–Crippen LogP) is -1.53. The van der Waals surface area contributed by atoms with Crippen LogP contribution in [0.15, 0.2) is 17.1 Å². The number of aromatic nitrogens is 2. The molecule has 0 radical (unpaired) electrons. The molecule has 1 fully saturated rings. The fraction of sp³-hybridized carbons (Fsp3) is 0.714. The number of quaternary nitrogens is 1. The van der Waals surface area contributed by atoms with E-state index in [1.807, 2.05) is 0 Å². The van der Waals surface area contributed by atoms with E-state index in [9.17, 15) is 33.9 Å². The Kier molecular flexibility index (Phi) is 7.63. The Morgan fingerprint density at radius 1 is 1.20 bits per heavy atom. The average molecular weight is 473 g/mol. The van der Waals surface area contributed by atoms with Crippen molar-refractivity contribution in [3.05, 3.63) is 22.7 Å². The Labute approximate surface area is 172 Å². The van der Waals surface area contributed by atoms with Crippen LogP contribution in [0.25, 0.3) is 0 Å². The molecule has 2 heterocycles. The normalized spacial score (nSPS) is 28.8. The van der Waals surface area contributed by atoms with E-state index >= 15 is 0 Å². The van der Waals surface area contributed by atoms with Crippen LogP contribution >= 0.6 is 14.6 Å². The fourth-order valence-electron chi connectivity index (χ4n) is 2.47. The molecule has 0 bridgehead atoms. The first-order valence-electron chi connectivity index (χ1n) is 8.76. The van der Waals surface area contributed by atoms with Gasteiger partial charge in [0.2, 0.25) is 0 Å². The monoisotopic (exact) mass is 473 g/mol. The molecule has 1 aromatic heterocycles. The third-order valence-electron chi connectivity index (χ3n) is 4.21. The highest BCUT2D eigenvalue weighted by atomic mass is 32.1. The van der Waals surface area contributed by atoms with E-state index in [2.05, 4.69) is 14.0 Å². The lowest BCUT2D eigenvalue weighted by Gasteiger charge is -2.25. The summed E-state index contributed by atoms with van der Waals surface area (Å²) in [6.07, 6.45) is -4.82. The second kappa shape index (κ2) is 9.13. The van der Waals surface area contributed by atoms with E-state index < -0.39 is 51.4 Å². The number of anilines is 1. The molecule has 16 heteroatoms. The van der Waals surface area contributed by atoms with Gasteiger partial charge < -0.3 is 35.0 Å². The molecule has 6 atom stereocenters. The summed E-state index contributed by atoms with van der Waals surface area (Å²) in [5.74, 6) is -0.0608. The second-order valence-corrected chi connectivity index (χ2v) is 13.2.